The molecule has 0 radical (unpaired) electrons. The Labute approximate surface area is 92.4 Å². The molecule has 0 saturated carbocycles. The first-order chi connectivity index (χ1) is 7.31. The molecule has 2 unspecified atom stereocenters. The number of nitrogens with zero attached hydrogens (tertiary/aromatic N) is 2. The van der Waals surface area contributed by atoms with Gasteiger partial charge in [0, 0.05) is 0 Å². The van der Waals surface area contributed by atoms with Gasteiger partial charge in [-0.3, -0.25) is 0 Å². The van der Waals surface area contributed by atoms with Gasteiger partial charge in [0.25, 0.3) is 5.89 Å². The van der Waals surface area contributed by atoms with E-state index in [1.807, 2.05) is 11.8 Å². The van der Waals surface area contributed by atoms with Crippen molar-refractivity contribution in [3.05, 3.63) is 11.7 Å². The maximum atomic E-state index is 9.59. The molecule has 5 nitrogen and oxygen atoms in total. The molecule has 0 spiro atoms. The number of aromatic nitrogens is 2. The van der Waals surface area contributed by atoms with Crippen LogP contribution in [0.5, 0.6) is 0 Å². The SMILES string of the molecule is NCCC(O)c1nc(C2CCCS2)no1. The Balaban J connectivity index is 2.02. The summed E-state index contributed by atoms with van der Waals surface area (Å²) in [6.07, 6.45) is 2.03. The number of hydrogen-bond acceptors (Lipinski definition) is 6. The minimum Gasteiger partial charge on any atom is -0.383 e. The molecule has 1 saturated heterocycles. The fourth-order valence-corrected chi connectivity index (χ4v) is 2.77. The van der Waals surface area contributed by atoms with Crippen LogP contribution in [0.1, 0.15) is 42.3 Å². The number of aliphatic hydroxyl groups excluding tert-OH is 1. The van der Waals surface area contributed by atoms with Crippen LogP contribution in [0.25, 0.3) is 0 Å². The Hall–Kier alpha value is -0.590. The van der Waals surface area contributed by atoms with E-state index in [1.54, 1.807) is 0 Å². The van der Waals surface area contributed by atoms with Crippen LogP contribution in [0.3, 0.4) is 0 Å². The molecule has 15 heavy (non-hydrogen) atoms. The van der Waals surface area contributed by atoms with Crippen LogP contribution in [0.15, 0.2) is 4.52 Å². The third-order valence-corrected chi connectivity index (χ3v) is 3.77. The third-order valence-electron chi connectivity index (χ3n) is 2.40. The standard InChI is InChI=1S/C9H15N3O2S/c10-4-3-6(13)9-11-8(12-14-9)7-2-1-5-15-7/h6-7,13H,1-5,10H2. The van der Waals surface area contributed by atoms with E-state index in [4.69, 9.17) is 10.3 Å². The van der Waals surface area contributed by atoms with Gasteiger partial charge in [-0.25, -0.2) is 0 Å². The molecule has 0 amide bonds. The molecule has 1 aliphatic heterocycles. The lowest BCUT2D eigenvalue weighted by atomic mass is 10.2. The average molecular weight is 229 g/mol. The van der Waals surface area contributed by atoms with Crippen LogP contribution in [0, 0.1) is 0 Å². The molecule has 1 aromatic rings. The number of nitrogens with two attached hydrogens (primary N) is 1. The van der Waals surface area contributed by atoms with Gasteiger partial charge >= 0.3 is 0 Å². The first-order valence-electron chi connectivity index (χ1n) is 5.14. The lowest BCUT2D eigenvalue weighted by molar-refractivity contribution is 0.127. The topological polar surface area (TPSA) is 85.2 Å². The van der Waals surface area contributed by atoms with E-state index >= 15 is 0 Å². The number of rotatable bonds is 4. The molecule has 0 aliphatic carbocycles. The predicted molar refractivity (Wildman–Crippen MR) is 57.4 cm³/mol. The lowest BCUT2D eigenvalue weighted by Gasteiger charge is -2.02. The summed E-state index contributed by atoms with van der Waals surface area (Å²) in [4.78, 5) is 4.21. The van der Waals surface area contributed by atoms with Crippen molar-refractivity contribution in [2.75, 3.05) is 12.3 Å². The second kappa shape index (κ2) is 4.96. The minimum absolute atomic E-state index is 0.294. The maximum absolute atomic E-state index is 9.59. The number of thioether (sulfide) groups is 1. The van der Waals surface area contributed by atoms with Gasteiger partial charge in [0.15, 0.2) is 5.82 Å². The molecule has 2 heterocycles. The highest BCUT2D eigenvalue weighted by Gasteiger charge is 2.24. The number of aliphatic hydroxyl groups is 1. The van der Waals surface area contributed by atoms with Gasteiger partial charge in [0.2, 0.25) is 0 Å². The highest BCUT2D eigenvalue weighted by atomic mass is 32.2. The molecule has 1 aliphatic rings. The van der Waals surface area contributed by atoms with Crippen molar-refractivity contribution >= 4 is 11.8 Å². The largest absolute Gasteiger partial charge is 0.383 e. The Morgan fingerprint density at radius 3 is 3.20 bits per heavy atom. The Bertz CT molecular complexity index is 312. The molecule has 84 valence electrons. The van der Waals surface area contributed by atoms with Crippen LogP contribution in [-0.4, -0.2) is 27.5 Å². The normalized spacial score (nSPS) is 23.2. The van der Waals surface area contributed by atoms with E-state index < -0.39 is 6.10 Å². The van der Waals surface area contributed by atoms with Crippen LogP contribution in [0.2, 0.25) is 0 Å². The van der Waals surface area contributed by atoms with Gasteiger partial charge in [0.05, 0.1) is 5.25 Å². The quantitative estimate of drug-likeness (QED) is 0.801. The zero-order chi connectivity index (χ0) is 10.7. The van der Waals surface area contributed by atoms with Crippen molar-refractivity contribution in [1.82, 2.24) is 10.1 Å². The highest BCUT2D eigenvalue weighted by Crippen LogP contribution is 2.38. The van der Waals surface area contributed by atoms with Gasteiger partial charge < -0.3 is 15.4 Å². The highest BCUT2D eigenvalue weighted by molar-refractivity contribution is 7.99. The summed E-state index contributed by atoms with van der Waals surface area (Å²) >= 11 is 1.84. The van der Waals surface area contributed by atoms with E-state index in [-0.39, 0.29) is 0 Å². The second-order valence-electron chi connectivity index (χ2n) is 3.59. The van der Waals surface area contributed by atoms with Gasteiger partial charge in [-0.1, -0.05) is 5.16 Å². The molecule has 0 aromatic carbocycles. The van der Waals surface area contributed by atoms with E-state index in [9.17, 15) is 5.11 Å². The first kappa shape index (κ1) is 10.9. The fraction of sp³-hybridized carbons (Fsp3) is 0.778. The summed E-state index contributed by atoms with van der Waals surface area (Å²) in [7, 11) is 0. The monoisotopic (exact) mass is 229 g/mol. The fourth-order valence-electron chi connectivity index (χ4n) is 1.58. The second-order valence-corrected chi connectivity index (χ2v) is 4.90. The first-order valence-corrected chi connectivity index (χ1v) is 6.19. The molecule has 2 atom stereocenters. The Morgan fingerprint density at radius 1 is 1.67 bits per heavy atom. The summed E-state index contributed by atoms with van der Waals surface area (Å²) in [6, 6.07) is 0. The van der Waals surface area contributed by atoms with Crippen LogP contribution >= 0.6 is 11.8 Å². The summed E-state index contributed by atoms with van der Waals surface area (Å²) in [5, 5.41) is 13.8. The van der Waals surface area contributed by atoms with Crippen LogP contribution < -0.4 is 5.73 Å². The van der Waals surface area contributed by atoms with Crippen molar-refractivity contribution < 1.29 is 9.63 Å². The van der Waals surface area contributed by atoms with Crippen molar-refractivity contribution in [3.8, 4) is 0 Å². The molecule has 1 aromatic heterocycles. The lowest BCUT2D eigenvalue weighted by Crippen LogP contribution is -2.07. The summed E-state index contributed by atoms with van der Waals surface area (Å²) in [5.74, 6) is 2.16. The number of hydrogen-bond donors (Lipinski definition) is 2. The Kier molecular flexibility index (Phi) is 3.61. The molecular weight excluding hydrogens is 214 g/mol. The van der Waals surface area contributed by atoms with Crippen molar-refractivity contribution in [1.29, 1.82) is 0 Å². The van der Waals surface area contributed by atoms with Crippen LogP contribution in [-0.2, 0) is 0 Å². The molecular formula is C9H15N3O2S. The summed E-state index contributed by atoms with van der Waals surface area (Å²) < 4.78 is 5.01. The Morgan fingerprint density at radius 2 is 2.53 bits per heavy atom. The molecule has 1 fully saturated rings. The summed E-state index contributed by atoms with van der Waals surface area (Å²) in [6.45, 7) is 0.414. The average Bonchev–Trinajstić information content (AvgIpc) is 2.89. The van der Waals surface area contributed by atoms with Crippen LogP contribution in [0.4, 0.5) is 0 Å². The smallest absolute Gasteiger partial charge is 0.255 e. The van der Waals surface area contributed by atoms with Gasteiger partial charge in [0.1, 0.15) is 6.10 Å². The van der Waals surface area contributed by atoms with Gasteiger partial charge in [-0.2, -0.15) is 16.7 Å². The van der Waals surface area contributed by atoms with Crippen molar-refractivity contribution in [3.63, 3.8) is 0 Å². The molecule has 6 heteroatoms. The van der Waals surface area contributed by atoms with E-state index in [0.717, 1.165) is 12.2 Å². The van der Waals surface area contributed by atoms with Gasteiger partial charge in [-0.15, -0.1) is 0 Å². The predicted octanol–water partition coefficient (Wildman–Crippen LogP) is 1.02. The van der Waals surface area contributed by atoms with E-state index in [0.29, 0.717) is 29.9 Å². The molecule has 3 N–H and O–H groups in total. The summed E-state index contributed by atoms with van der Waals surface area (Å²) in [5.41, 5.74) is 5.34. The van der Waals surface area contributed by atoms with E-state index in [2.05, 4.69) is 10.1 Å². The third kappa shape index (κ3) is 2.50. The molecule has 0 bridgehead atoms. The van der Waals surface area contributed by atoms with Crippen molar-refractivity contribution in [2.24, 2.45) is 5.73 Å². The van der Waals surface area contributed by atoms with E-state index in [1.165, 1.54) is 6.42 Å². The van der Waals surface area contributed by atoms with Crippen molar-refractivity contribution in [2.45, 2.75) is 30.6 Å². The minimum atomic E-state index is -0.720. The maximum Gasteiger partial charge on any atom is 0.255 e. The zero-order valence-electron chi connectivity index (χ0n) is 8.43. The van der Waals surface area contributed by atoms with Gasteiger partial charge in [-0.05, 0) is 31.6 Å². The zero-order valence-corrected chi connectivity index (χ0v) is 9.24. The molecule has 2 rings (SSSR count).